The molecule has 2 nitrogen and oxygen atoms in total. The molecule has 0 radical (unpaired) electrons. The fourth-order valence-corrected chi connectivity index (χ4v) is 8.54. The van der Waals surface area contributed by atoms with Crippen molar-refractivity contribution in [2.75, 3.05) is 4.90 Å². The Morgan fingerprint density at radius 1 is 0.315 bits per heavy atom. The molecule has 0 atom stereocenters. The lowest BCUT2D eigenvalue weighted by Gasteiger charge is -2.29. The number of hydrogen-bond donors (Lipinski definition) is 0. The van der Waals surface area contributed by atoms with Gasteiger partial charge < -0.3 is 9.32 Å². The molecule has 0 saturated carbocycles. The SMILES string of the molecule is c1ccc(-c2cccc(N(c3ccc4c(c3)oc3ccccc34)c3ccccc3-c3cc4ccc5ccccc5c4c4c3ccc3ccccc34)c2)cc1. The van der Waals surface area contributed by atoms with Crippen molar-refractivity contribution in [3.63, 3.8) is 0 Å². The molecule has 1 aromatic heterocycles. The Morgan fingerprint density at radius 2 is 0.926 bits per heavy atom. The highest BCUT2D eigenvalue weighted by Gasteiger charge is 2.22. The Kier molecular flexibility index (Phi) is 6.90. The Bertz CT molecular complexity index is 3230. The third-order valence-corrected chi connectivity index (χ3v) is 11.0. The van der Waals surface area contributed by atoms with E-state index in [1.165, 1.54) is 54.2 Å². The topological polar surface area (TPSA) is 16.4 Å². The standard InChI is InChI=1S/C52H33NO/c1-2-13-34(14-3-1)37-17-12-18-39(31-37)53(40-28-30-45-44-22-9-11-24-49(44)54-50(45)33-40)48-23-10-8-21-43(48)47-32-38-26-25-35-15-4-6-19-41(35)51(38)52-42-20-7-5-16-36(42)27-29-46(47)52/h1-33H. The van der Waals surface area contributed by atoms with Gasteiger partial charge in [-0.05, 0) is 102 Å². The van der Waals surface area contributed by atoms with Gasteiger partial charge in [0, 0.05) is 33.8 Å². The molecule has 0 spiro atoms. The van der Waals surface area contributed by atoms with E-state index in [0.29, 0.717) is 0 Å². The van der Waals surface area contributed by atoms with Crippen LogP contribution in [0.5, 0.6) is 0 Å². The van der Waals surface area contributed by atoms with Gasteiger partial charge >= 0.3 is 0 Å². The van der Waals surface area contributed by atoms with E-state index in [1.54, 1.807) is 0 Å². The van der Waals surface area contributed by atoms with Crippen molar-refractivity contribution in [3.05, 3.63) is 200 Å². The van der Waals surface area contributed by atoms with Crippen LogP contribution in [0.1, 0.15) is 0 Å². The zero-order valence-corrected chi connectivity index (χ0v) is 29.4. The second kappa shape index (κ2) is 12.2. The first-order chi connectivity index (χ1) is 26.8. The molecule has 11 rings (SSSR count). The summed E-state index contributed by atoms with van der Waals surface area (Å²) >= 11 is 0. The molecule has 0 aliphatic heterocycles. The summed E-state index contributed by atoms with van der Waals surface area (Å²) in [6, 6.07) is 72.4. The van der Waals surface area contributed by atoms with Crippen molar-refractivity contribution in [3.8, 4) is 22.3 Å². The van der Waals surface area contributed by atoms with Gasteiger partial charge in [0.25, 0.3) is 0 Å². The third-order valence-electron chi connectivity index (χ3n) is 11.0. The number of anilines is 3. The van der Waals surface area contributed by atoms with Gasteiger partial charge in [-0.25, -0.2) is 0 Å². The fourth-order valence-electron chi connectivity index (χ4n) is 8.54. The van der Waals surface area contributed by atoms with Crippen molar-refractivity contribution in [1.82, 2.24) is 0 Å². The molecule has 0 bridgehead atoms. The Morgan fingerprint density at radius 3 is 1.78 bits per heavy atom. The van der Waals surface area contributed by atoms with Crippen molar-refractivity contribution in [1.29, 1.82) is 0 Å². The lowest BCUT2D eigenvalue weighted by molar-refractivity contribution is 0.669. The molecule has 252 valence electrons. The molecular weight excluding hydrogens is 655 g/mol. The average Bonchev–Trinajstić information content (AvgIpc) is 3.62. The van der Waals surface area contributed by atoms with Crippen molar-refractivity contribution in [2.24, 2.45) is 0 Å². The zero-order chi connectivity index (χ0) is 35.6. The summed E-state index contributed by atoms with van der Waals surface area (Å²) in [4.78, 5) is 2.39. The van der Waals surface area contributed by atoms with Crippen molar-refractivity contribution in [2.45, 2.75) is 0 Å². The van der Waals surface area contributed by atoms with Crippen LogP contribution in [0.4, 0.5) is 17.1 Å². The van der Waals surface area contributed by atoms with E-state index in [2.05, 4.69) is 193 Å². The van der Waals surface area contributed by atoms with Gasteiger partial charge in [-0.2, -0.15) is 0 Å². The molecular formula is C52H33NO. The Balaban J connectivity index is 1.21. The normalized spacial score (nSPS) is 11.7. The van der Waals surface area contributed by atoms with Crippen LogP contribution in [-0.2, 0) is 0 Å². The van der Waals surface area contributed by atoms with Crippen LogP contribution in [-0.4, -0.2) is 0 Å². The summed E-state index contributed by atoms with van der Waals surface area (Å²) in [6.45, 7) is 0. The molecule has 0 fully saturated rings. The monoisotopic (exact) mass is 687 g/mol. The first kappa shape index (κ1) is 30.5. The second-order valence-corrected chi connectivity index (χ2v) is 14.1. The summed E-state index contributed by atoms with van der Waals surface area (Å²) < 4.78 is 6.48. The summed E-state index contributed by atoms with van der Waals surface area (Å²) in [6.07, 6.45) is 0. The van der Waals surface area contributed by atoms with Gasteiger partial charge in [-0.15, -0.1) is 0 Å². The number of rotatable bonds is 5. The first-order valence-corrected chi connectivity index (χ1v) is 18.5. The van der Waals surface area contributed by atoms with E-state index in [-0.39, 0.29) is 0 Å². The third kappa shape index (κ3) is 4.81. The van der Waals surface area contributed by atoms with Gasteiger partial charge in [-0.1, -0.05) is 152 Å². The lowest BCUT2D eigenvalue weighted by Crippen LogP contribution is -2.11. The first-order valence-electron chi connectivity index (χ1n) is 18.5. The molecule has 0 N–H and O–H groups in total. The minimum absolute atomic E-state index is 0.866. The van der Waals surface area contributed by atoms with E-state index in [0.717, 1.165) is 50.1 Å². The second-order valence-electron chi connectivity index (χ2n) is 14.1. The van der Waals surface area contributed by atoms with Gasteiger partial charge in [0.2, 0.25) is 0 Å². The molecule has 0 aliphatic carbocycles. The average molecular weight is 688 g/mol. The molecule has 54 heavy (non-hydrogen) atoms. The highest BCUT2D eigenvalue weighted by Crippen LogP contribution is 2.47. The quantitative estimate of drug-likeness (QED) is 0.168. The number of benzene rings is 10. The maximum absolute atomic E-state index is 6.48. The van der Waals surface area contributed by atoms with Crippen LogP contribution in [0.25, 0.3) is 87.3 Å². The number of fused-ring (bicyclic) bond motifs is 10. The van der Waals surface area contributed by atoms with E-state index < -0.39 is 0 Å². The predicted octanol–water partition coefficient (Wildman–Crippen LogP) is 15.0. The predicted molar refractivity (Wildman–Crippen MR) is 229 cm³/mol. The minimum Gasteiger partial charge on any atom is -0.456 e. The number of furan rings is 1. The summed E-state index contributed by atoms with van der Waals surface area (Å²) in [5.41, 5.74) is 9.64. The van der Waals surface area contributed by atoms with Crippen LogP contribution in [0.3, 0.4) is 0 Å². The van der Waals surface area contributed by atoms with Crippen LogP contribution < -0.4 is 4.90 Å². The van der Waals surface area contributed by atoms with E-state index in [1.807, 2.05) is 12.1 Å². The highest BCUT2D eigenvalue weighted by atomic mass is 16.3. The largest absolute Gasteiger partial charge is 0.456 e. The molecule has 0 aliphatic rings. The van der Waals surface area contributed by atoms with E-state index in [9.17, 15) is 0 Å². The number of hydrogen-bond acceptors (Lipinski definition) is 2. The molecule has 0 amide bonds. The van der Waals surface area contributed by atoms with E-state index >= 15 is 0 Å². The smallest absolute Gasteiger partial charge is 0.137 e. The Labute approximate surface area is 312 Å². The Hall–Kier alpha value is -7.16. The summed E-state index contributed by atoms with van der Waals surface area (Å²) in [5.74, 6) is 0. The molecule has 0 unspecified atom stereocenters. The van der Waals surface area contributed by atoms with Gasteiger partial charge in [-0.3, -0.25) is 0 Å². The van der Waals surface area contributed by atoms with Crippen LogP contribution in [0, 0.1) is 0 Å². The lowest BCUT2D eigenvalue weighted by atomic mass is 9.87. The fraction of sp³-hybridized carbons (Fsp3) is 0. The molecule has 0 saturated heterocycles. The van der Waals surface area contributed by atoms with Crippen molar-refractivity contribution < 1.29 is 4.42 Å². The molecule has 11 aromatic rings. The highest BCUT2D eigenvalue weighted by molar-refractivity contribution is 6.30. The van der Waals surface area contributed by atoms with Gasteiger partial charge in [0.15, 0.2) is 0 Å². The summed E-state index contributed by atoms with van der Waals surface area (Å²) in [7, 11) is 0. The van der Waals surface area contributed by atoms with Crippen LogP contribution in [0.15, 0.2) is 205 Å². The molecule has 1 heterocycles. The maximum atomic E-state index is 6.48. The van der Waals surface area contributed by atoms with Gasteiger partial charge in [0.05, 0.1) is 5.69 Å². The number of para-hydroxylation sites is 2. The minimum atomic E-state index is 0.866. The molecule has 2 heteroatoms. The maximum Gasteiger partial charge on any atom is 0.137 e. The number of nitrogens with zero attached hydrogens (tertiary/aromatic N) is 1. The zero-order valence-electron chi connectivity index (χ0n) is 29.4. The van der Waals surface area contributed by atoms with Crippen LogP contribution >= 0.6 is 0 Å². The van der Waals surface area contributed by atoms with E-state index in [4.69, 9.17) is 4.42 Å². The molecule has 10 aromatic carbocycles. The summed E-state index contributed by atoms with van der Waals surface area (Å²) in [5, 5.41) is 12.3. The van der Waals surface area contributed by atoms with Crippen molar-refractivity contribution >= 4 is 82.1 Å². The van der Waals surface area contributed by atoms with Gasteiger partial charge in [0.1, 0.15) is 11.2 Å². The van der Waals surface area contributed by atoms with Crippen LogP contribution in [0.2, 0.25) is 0 Å².